The molecule has 5 rings (SSSR count). The van der Waals surface area contributed by atoms with Crippen molar-refractivity contribution in [3.05, 3.63) is 110 Å². The van der Waals surface area contributed by atoms with E-state index in [9.17, 15) is 14.7 Å². The summed E-state index contributed by atoms with van der Waals surface area (Å²) in [5.41, 5.74) is 3.00. The summed E-state index contributed by atoms with van der Waals surface area (Å²) in [6.07, 6.45) is 3.00. The summed E-state index contributed by atoms with van der Waals surface area (Å²) in [6.45, 7) is 2.41. The highest BCUT2D eigenvalue weighted by molar-refractivity contribution is 8.26. The summed E-state index contributed by atoms with van der Waals surface area (Å²) in [4.78, 5) is 33.6. The first-order valence-electron chi connectivity index (χ1n) is 12.7. The molecule has 1 aliphatic rings. The Labute approximate surface area is 241 Å². The number of aromatic nitrogens is 2. The van der Waals surface area contributed by atoms with E-state index in [-0.39, 0.29) is 29.4 Å². The number of methoxy groups -OCH3 is 1. The second-order valence-corrected chi connectivity index (χ2v) is 11.0. The van der Waals surface area contributed by atoms with Crippen molar-refractivity contribution < 1.29 is 14.6 Å². The monoisotopic (exact) mass is 572 g/mol. The third-order valence-corrected chi connectivity index (χ3v) is 8.04. The van der Waals surface area contributed by atoms with Crippen LogP contribution in [0.25, 0.3) is 11.7 Å². The highest BCUT2D eigenvalue weighted by atomic mass is 32.2. The van der Waals surface area contributed by atoms with Crippen LogP contribution in [-0.2, 0) is 11.2 Å². The molecule has 0 radical (unpaired) electrons. The van der Waals surface area contributed by atoms with E-state index in [1.54, 1.807) is 30.3 Å². The largest absolute Gasteiger partial charge is 0.497 e. The number of benzene rings is 2. The molecular formula is C30H28N4O4S2. The van der Waals surface area contributed by atoms with Crippen LogP contribution < -0.4 is 15.6 Å². The number of carbonyl (C=O) groups excluding carboxylic acids is 1. The molecule has 0 bridgehead atoms. The Bertz CT molecular complexity index is 1650. The fourth-order valence-corrected chi connectivity index (χ4v) is 5.71. The van der Waals surface area contributed by atoms with Gasteiger partial charge in [0.1, 0.15) is 21.5 Å². The Morgan fingerprint density at radius 2 is 1.85 bits per heavy atom. The van der Waals surface area contributed by atoms with Gasteiger partial charge in [-0.3, -0.25) is 18.9 Å². The summed E-state index contributed by atoms with van der Waals surface area (Å²) in [5, 5.41) is 13.9. The van der Waals surface area contributed by atoms with Gasteiger partial charge in [0, 0.05) is 19.3 Å². The van der Waals surface area contributed by atoms with Crippen LogP contribution in [0.4, 0.5) is 5.82 Å². The molecule has 8 nitrogen and oxygen atoms in total. The molecule has 2 aromatic carbocycles. The molecule has 40 heavy (non-hydrogen) atoms. The van der Waals surface area contributed by atoms with E-state index in [4.69, 9.17) is 21.9 Å². The van der Waals surface area contributed by atoms with Crippen LogP contribution in [0.15, 0.2) is 82.6 Å². The van der Waals surface area contributed by atoms with Gasteiger partial charge in [-0.2, -0.15) is 0 Å². The molecule has 2 N–H and O–H groups in total. The molecule has 1 saturated heterocycles. The molecule has 204 valence electrons. The summed E-state index contributed by atoms with van der Waals surface area (Å²) >= 11 is 6.69. The van der Waals surface area contributed by atoms with Gasteiger partial charge >= 0.3 is 0 Å². The van der Waals surface area contributed by atoms with Crippen molar-refractivity contribution in [2.75, 3.05) is 25.5 Å². The van der Waals surface area contributed by atoms with Gasteiger partial charge in [0.2, 0.25) is 0 Å². The minimum atomic E-state index is -0.817. The molecule has 0 aliphatic carbocycles. The van der Waals surface area contributed by atoms with E-state index < -0.39 is 6.10 Å². The molecule has 3 heterocycles. The van der Waals surface area contributed by atoms with Crippen molar-refractivity contribution in [3.63, 3.8) is 0 Å². The molecule has 1 unspecified atom stereocenters. The molecule has 4 aromatic rings. The second-order valence-electron chi connectivity index (χ2n) is 9.30. The molecule has 1 aliphatic heterocycles. The van der Waals surface area contributed by atoms with Crippen LogP contribution in [0, 0.1) is 6.92 Å². The molecule has 10 heteroatoms. The smallest absolute Gasteiger partial charge is 0.267 e. The van der Waals surface area contributed by atoms with E-state index in [0.717, 1.165) is 34.2 Å². The number of rotatable bonds is 9. The van der Waals surface area contributed by atoms with Crippen LogP contribution in [-0.4, -0.2) is 49.8 Å². The van der Waals surface area contributed by atoms with Gasteiger partial charge in [0.25, 0.3) is 11.5 Å². The number of aryl methyl sites for hydroxylation is 1. The Morgan fingerprint density at radius 1 is 1.10 bits per heavy atom. The quantitative estimate of drug-likeness (QED) is 0.222. The number of nitrogens with zero attached hydrogens (tertiary/aromatic N) is 3. The van der Waals surface area contributed by atoms with E-state index >= 15 is 0 Å². The number of amides is 1. The van der Waals surface area contributed by atoms with E-state index in [1.807, 2.05) is 67.6 Å². The minimum absolute atomic E-state index is 0.127. The zero-order chi connectivity index (χ0) is 28.2. The van der Waals surface area contributed by atoms with Crippen molar-refractivity contribution in [2.24, 2.45) is 0 Å². The second kappa shape index (κ2) is 12.0. The number of ether oxygens (including phenoxy) is 1. The Morgan fingerprint density at radius 3 is 2.58 bits per heavy atom. The van der Waals surface area contributed by atoms with Crippen molar-refractivity contribution in [1.29, 1.82) is 0 Å². The van der Waals surface area contributed by atoms with Crippen molar-refractivity contribution in [3.8, 4) is 5.75 Å². The van der Waals surface area contributed by atoms with Gasteiger partial charge in [-0.05, 0) is 54.3 Å². The van der Waals surface area contributed by atoms with Crippen molar-refractivity contribution in [1.82, 2.24) is 14.3 Å². The zero-order valence-corrected chi connectivity index (χ0v) is 23.7. The standard InChI is InChI=1S/C30H28N4O4S2/c1-19-7-6-15-33-27(19)32-26(31-18-24(35)21-8-4-3-5-9-21)23(28(33)36)17-25-29(37)34(30(39)40-25)16-14-20-10-12-22(38-2)13-11-20/h3-13,15,17,24,31,35H,14,16,18H2,1-2H3. The van der Waals surface area contributed by atoms with Gasteiger partial charge in [-0.1, -0.05) is 72.5 Å². The van der Waals surface area contributed by atoms with Gasteiger partial charge in [0.15, 0.2) is 0 Å². The molecule has 1 atom stereocenters. The van der Waals surface area contributed by atoms with Gasteiger partial charge in [-0.15, -0.1) is 0 Å². The van der Waals surface area contributed by atoms with E-state index in [0.29, 0.717) is 27.8 Å². The number of aliphatic hydroxyl groups excluding tert-OH is 1. The number of nitrogens with one attached hydrogen (secondary N) is 1. The first kappa shape index (κ1) is 27.6. The number of anilines is 1. The lowest BCUT2D eigenvalue weighted by Crippen LogP contribution is -2.30. The van der Waals surface area contributed by atoms with Gasteiger partial charge in [0.05, 0.1) is 23.7 Å². The topological polar surface area (TPSA) is 96.2 Å². The lowest BCUT2D eigenvalue weighted by Gasteiger charge is -2.16. The maximum absolute atomic E-state index is 13.6. The third-order valence-electron chi connectivity index (χ3n) is 6.66. The summed E-state index contributed by atoms with van der Waals surface area (Å²) in [5.74, 6) is 0.800. The predicted molar refractivity (Wildman–Crippen MR) is 163 cm³/mol. The Balaban J connectivity index is 1.43. The van der Waals surface area contributed by atoms with E-state index in [1.165, 1.54) is 4.40 Å². The molecule has 0 spiro atoms. The molecule has 0 saturated carbocycles. The van der Waals surface area contributed by atoms with Crippen molar-refractivity contribution in [2.45, 2.75) is 19.4 Å². The maximum atomic E-state index is 13.6. The lowest BCUT2D eigenvalue weighted by molar-refractivity contribution is -0.122. The maximum Gasteiger partial charge on any atom is 0.267 e. The van der Waals surface area contributed by atoms with E-state index in [2.05, 4.69) is 5.32 Å². The number of pyridine rings is 1. The first-order chi connectivity index (χ1) is 19.4. The number of fused-ring (bicyclic) bond motifs is 1. The number of thiocarbonyl (C=S) groups is 1. The highest BCUT2D eigenvalue weighted by Crippen LogP contribution is 2.33. The number of thioether (sulfide) groups is 1. The number of hydrogen-bond acceptors (Lipinski definition) is 8. The lowest BCUT2D eigenvalue weighted by atomic mass is 10.1. The van der Waals surface area contributed by atoms with Crippen LogP contribution >= 0.6 is 24.0 Å². The third kappa shape index (κ3) is 5.79. The van der Waals surface area contributed by atoms with Crippen molar-refractivity contribution >= 4 is 51.7 Å². The number of carbonyl (C=O) groups is 1. The number of hydrogen-bond donors (Lipinski definition) is 2. The van der Waals surface area contributed by atoms with Crippen LogP contribution in [0.1, 0.15) is 28.4 Å². The average Bonchev–Trinajstić information content (AvgIpc) is 3.24. The fraction of sp³-hybridized carbons (Fsp3) is 0.200. The molecule has 1 amide bonds. The molecule has 2 aromatic heterocycles. The zero-order valence-electron chi connectivity index (χ0n) is 22.0. The Hall–Kier alpha value is -3.99. The normalized spacial score (nSPS) is 15.2. The molecule has 1 fully saturated rings. The van der Waals surface area contributed by atoms with Crippen LogP contribution in [0.3, 0.4) is 0 Å². The van der Waals surface area contributed by atoms with Gasteiger partial charge in [-0.25, -0.2) is 4.98 Å². The van der Waals surface area contributed by atoms with Crippen LogP contribution in [0.2, 0.25) is 0 Å². The minimum Gasteiger partial charge on any atom is -0.497 e. The summed E-state index contributed by atoms with van der Waals surface area (Å²) in [6, 6.07) is 20.6. The summed E-state index contributed by atoms with van der Waals surface area (Å²) in [7, 11) is 1.62. The SMILES string of the molecule is COc1ccc(CCN2C(=O)C(=Cc3c(NCC(O)c4ccccc4)nc4c(C)cccn4c3=O)SC2=S)cc1. The average molecular weight is 573 g/mol. The van der Waals surface area contributed by atoms with Crippen LogP contribution in [0.5, 0.6) is 5.75 Å². The summed E-state index contributed by atoms with van der Waals surface area (Å²) < 4.78 is 7.11. The fourth-order valence-electron chi connectivity index (χ4n) is 4.42. The highest BCUT2D eigenvalue weighted by Gasteiger charge is 2.32. The first-order valence-corrected chi connectivity index (χ1v) is 14.0. The number of aliphatic hydroxyl groups is 1. The predicted octanol–water partition coefficient (Wildman–Crippen LogP) is 4.60. The molecular weight excluding hydrogens is 544 g/mol. The van der Waals surface area contributed by atoms with Gasteiger partial charge < -0.3 is 15.2 Å². The Kier molecular flexibility index (Phi) is 8.29.